The Balaban J connectivity index is 2.63. The van der Waals surface area contributed by atoms with Crippen LogP contribution in [0.2, 0.25) is 0 Å². The standard InChI is InChI=1S/C10H12Br2N2O3/c1-5(13-10(15)16)4-17-9-8(12)3-7(11)6(2)14-9/h3,5,13H,4H2,1-2H3,(H,15,16). The van der Waals surface area contributed by atoms with Crippen molar-refractivity contribution in [3.63, 3.8) is 0 Å². The van der Waals surface area contributed by atoms with Crippen LogP contribution in [-0.2, 0) is 0 Å². The van der Waals surface area contributed by atoms with Crippen LogP contribution in [0.25, 0.3) is 0 Å². The van der Waals surface area contributed by atoms with E-state index in [-0.39, 0.29) is 12.6 Å². The smallest absolute Gasteiger partial charge is 0.404 e. The molecule has 1 unspecified atom stereocenters. The van der Waals surface area contributed by atoms with E-state index >= 15 is 0 Å². The molecule has 0 aliphatic rings. The van der Waals surface area contributed by atoms with E-state index in [1.54, 1.807) is 6.92 Å². The lowest BCUT2D eigenvalue weighted by Crippen LogP contribution is -2.35. The van der Waals surface area contributed by atoms with Crippen LogP contribution >= 0.6 is 31.9 Å². The fourth-order valence-corrected chi connectivity index (χ4v) is 2.15. The highest BCUT2D eigenvalue weighted by molar-refractivity contribution is 9.11. The van der Waals surface area contributed by atoms with Gasteiger partial charge in [0.1, 0.15) is 6.61 Å². The first-order chi connectivity index (χ1) is 7.90. The van der Waals surface area contributed by atoms with E-state index in [4.69, 9.17) is 9.84 Å². The minimum Gasteiger partial charge on any atom is -0.475 e. The van der Waals surface area contributed by atoms with E-state index in [1.807, 2.05) is 13.0 Å². The molecule has 1 aromatic rings. The van der Waals surface area contributed by atoms with E-state index < -0.39 is 6.09 Å². The molecule has 7 heteroatoms. The average molecular weight is 368 g/mol. The summed E-state index contributed by atoms with van der Waals surface area (Å²) in [7, 11) is 0. The molecule has 1 aromatic heterocycles. The molecule has 0 bridgehead atoms. The third kappa shape index (κ3) is 4.51. The van der Waals surface area contributed by atoms with Gasteiger partial charge in [-0.2, -0.15) is 0 Å². The zero-order valence-electron chi connectivity index (χ0n) is 9.33. The summed E-state index contributed by atoms with van der Waals surface area (Å²) in [5, 5.41) is 10.8. The van der Waals surface area contributed by atoms with Crippen LogP contribution in [-0.4, -0.2) is 28.8 Å². The molecule has 1 rings (SSSR count). The number of aromatic nitrogens is 1. The minimum absolute atomic E-state index is 0.221. The second-order valence-electron chi connectivity index (χ2n) is 3.50. The van der Waals surface area contributed by atoms with Gasteiger partial charge in [0.2, 0.25) is 5.88 Å². The first kappa shape index (κ1) is 14.2. The van der Waals surface area contributed by atoms with Crippen molar-refractivity contribution >= 4 is 38.0 Å². The Morgan fingerprint density at radius 1 is 1.59 bits per heavy atom. The summed E-state index contributed by atoms with van der Waals surface area (Å²) in [6.07, 6.45) is -1.07. The predicted molar refractivity (Wildman–Crippen MR) is 70.5 cm³/mol. The molecule has 0 radical (unpaired) electrons. The summed E-state index contributed by atoms with van der Waals surface area (Å²) >= 11 is 6.68. The lowest BCUT2D eigenvalue weighted by atomic mass is 10.3. The van der Waals surface area contributed by atoms with Crippen molar-refractivity contribution in [2.24, 2.45) is 0 Å². The first-order valence-electron chi connectivity index (χ1n) is 4.85. The van der Waals surface area contributed by atoms with Crippen LogP contribution < -0.4 is 10.1 Å². The summed E-state index contributed by atoms with van der Waals surface area (Å²) in [5.74, 6) is 0.449. The molecule has 1 amide bonds. The first-order valence-corrected chi connectivity index (χ1v) is 6.43. The van der Waals surface area contributed by atoms with Gasteiger partial charge >= 0.3 is 6.09 Å². The SMILES string of the molecule is Cc1nc(OCC(C)NC(=O)O)c(Br)cc1Br. The number of hydrogen-bond acceptors (Lipinski definition) is 3. The van der Waals surface area contributed by atoms with Crippen molar-refractivity contribution in [3.8, 4) is 5.88 Å². The fourth-order valence-electron chi connectivity index (χ4n) is 1.09. The summed E-state index contributed by atoms with van der Waals surface area (Å²) in [6, 6.07) is 1.54. The number of carboxylic acid groups (broad SMARTS) is 1. The van der Waals surface area contributed by atoms with E-state index in [1.165, 1.54) is 0 Å². The van der Waals surface area contributed by atoms with Gasteiger partial charge in [0.25, 0.3) is 0 Å². The van der Waals surface area contributed by atoms with Crippen molar-refractivity contribution in [2.45, 2.75) is 19.9 Å². The largest absolute Gasteiger partial charge is 0.475 e. The second-order valence-corrected chi connectivity index (χ2v) is 5.21. The molecule has 1 heterocycles. The van der Waals surface area contributed by atoms with Gasteiger partial charge < -0.3 is 15.2 Å². The van der Waals surface area contributed by atoms with Gasteiger partial charge in [0.15, 0.2) is 0 Å². The molecule has 0 fully saturated rings. The Morgan fingerprint density at radius 3 is 2.82 bits per heavy atom. The van der Waals surface area contributed by atoms with E-state index in [9.17, 15) is 4.79 Å². The normalized spacial score (nSPS) is 12.0. The Hall–Kier alpha value is -0.820. The summed E-state index contributed by atoms with van der Waals surface area (Å²) < 4.78 is 7.03. The van der Waals surface area contributed by atoms with Crippen LogP contribution in [0.1, 0.15) is 12.6 Å². The Bertz CT molecular complexity index is 426. The maximum atomic E-state index is 10.4. The summed E-state index contributed by atoms with van der Waals surface area (Å²) in [6.45, 7) is 3.79. The number of amides is 1. The zero-order chi connectivity index (χ0) is 13.0. The van der Waals surface area contributed by atoms with Gasteiger partial charge in [-0.1, -0.05) is 0 Å². The summed E-state index contributed by atoms with van der Waals surface area (Å²) in [5.41, 5.74) is 0.807. The van der Waals surface area contributed by atoms with Crippen LogP contribution in [0.3, 0.4) is 0 Å². The maximum absolute atomic E-state index is 10.4. The number of ether oxygens (including phenoxy) is 1. The zero-order valence-corrected chi connectivity index (χ0v) is 12.5. The van der Waals surface area contributed by atoms with Crippen LogP contribution in [0.15, 0.2) is 15.0 Å². The van der Waals surface area contributed by atoms with Crippen molar-refractivity contribution in [3.05, 3.63) is 20.7 Å². The molecule has 5 nitrogen and oxygen atoms in total. The highest BCUT2D eigenvalue weighted by Gasteiger charge is 2.10. The highest BCUT2D eigenvalue weighted by atomic mass is 79.9. The lowest BCUT2D eigenvalue weighted by molar-refractivity contribution is 0.182. The third-order valence-electron chi connectivity index (χ3n) is 1.91. The predicted octanol–water partition coefficient (Wildman–Crippen LogP) is 2.95. The minimum atomic E-state index is -1.07. The van der Waals surface area contributed by atoms with Gasteiger partial charge in [-0.15, -0.1) is 0 Å². The molecular formula is C10H12Br2N2O3. The molecule has 0 aromatic carbocycles. The Labute approximate surface area is 116 Å². The number of rotatable bonds is 4. The molecule has 0 aliphatic carbocycles. The number of nitrogens with one attached hydrogen (secondary N) is 1. The van der Waals surface area contributed by atoms with E-state index in [0.29, 0.717) is 5.88 Å². The summed E-state index contributed by atoms with van der Waals surface area (Å²) in [4.78, 5) is 14.6. The number of aryl methyl sites for hydroxylation is 1. The second kappa shape index (κ2) is 6.20. The average Bonchev–Trinajstić information content (AvgIpc) is 2.20. The van der Waals surface area contributed by atoms with Gasteiger partial charge in [0.05, 0.1) is 16.2 Å². The third-order valence-corrected chi connectivity index (χ3v) is 3.28. The van der Waals surface area contributed by atoms with Crippen molar-refractivity contribution in [1.82, 2.24) is 10.3 Å². The number of nitrogens with zero attached hydrogens (tertiary/aromatic N) is 1. The molecule has 0 aliphatic heterocycles. The molecule has 0 saturated heterocycles. The van der Waals surface area contributed by atoms with E-state index in [0.717, 1.165) is 14.6 Å². The van der Waals surface area contributed by atoms with Crippen molar-refractivity contribution in [1.29, 1.82) is 0 Å². The van der Waals surface area contributed by atoms with Gasteiger partial charge in [-0.05, 0) is 51.8 Å². The quantitative estimate of drug-likeness (QED) is 0.858. The monoisotopic (exact) mass is 366 g/mol. The molecule has 17 heavy (non-hydrogen) atoms. The highest BCUT2D eigenvalue weighted by Crippen LogP contribution is 2.28. The molecule has 2 N–H and O–H groups in total. The number of pyridine rings is 1. The molecule has 1 atom stereocenters. The van der Waals surface area contributed by atoms with Crippen molar-refractivity contribution < 1.29 is 14.6 Å². The number of hydrogen-bond donors (Lipinski definition) is 2. The maximum Gasteiger partial charge on any atom is 0.404 e. The number of halogens is 2. The lowest BCUT2D eigenvalue weighted by Gasteiger charge is -2.13. The van der Waals surface area contributed by atoms with Gasteiger partial charge in [-0.3, -0.25) is 0 Å². The molecule has 0 saturated carbocycles. The molecule has 94 valence electrons. The van der Waals surface area contributed by atoms with Gasteiger partial charge in [-0.25, -0.2) is 9.78 Å². The van der Waals surface area contributed by atoms with Crippen LogP contribution in [0.4, 0.5) is 4.79 Å². The Kier molecular flexibility index (Phi) is 5.20. The van der Waals surface area contributed by atoms with Crippen molar-refractivity contribution in [2.75, 3.05) is 6.61 Å². The van der Waals surface area contributed by atoms with Gasteiger partial charge in [0, 0.05) is 4.47 Å². The molecular weight excluding hydrogens is 356 g/mol. The topological polar surface area (TPSA) is 71.5 Å². The number of carbonyl (C=O) groups is 1. The molecule has 0 spiro atoms. The fraction of sp³-hybridized carbons (Fsp3) is 0.400. The van der Waals surface area contributed by atoms with E-state index in [2.05, 4.69) is 42.2 Å². The van der Waals surface area contributed by atoms with Crippen LogP contribution in [0.5, 0.6) is 5.88 Å². The van der Waals surface area contributed by atoms with Crippen LogP contribution in [0, 0.1) is 6.92 Å². The Morgan fingerprint density at radius 2 is 2.24 bits per heavy atom.